The largest absolute Gasteiger partial charge is 0.310 e. The van der Waals surface area contributed by atoms with Gasteiger partial charge in [-0.15, -0.1) is 0 Å². The fourth-order valence-electron chi connectivity index (χ4n) is 6.48. The van der Waals surface area contributed by atoms with E-state index in [-0.39, 0.29) is 0 Å². The Balaban J connectivity index is 1.24. The second kappa shape index (κ2) is 13.2. The molecule has 48 heavy (non-hydrogen) atoms. The first kappa shape index (κ1) is 29.1. The van der Waals surface area contributed by atoms with Crippen molar-refractivity contribution in [3.63, 3.8) is 0 Å². The van der Waals surface area contributed by atoms with Crippen molar-refractivity contribution in [1.82, 2.24) is 0 Å². The zero-order valence-corrected chi connectivity index (χ0v) is 26.5. The molecule has 0 aliphatic heterocycles. The van der Waals surface area contributed by atoms with Gasteiger partial charge in [-0.25, -0.2) is 0 Å². The Labute approximate surface area is 282 Å². The molecule has 0 aromatic heterocycles. The smallest absolute Gasteiger partial charge is 0.0540 e. The number of benzene rings is 8. The number of fused-ring (bicyclic) bond motifs is 1. The lowest BCUT2D eigenvalue weighted by molar-refractivity contribution is 1.28. The normalized spacial score (nSPS) is 10.9. The summed E-state index contributed by atoms with van der Waals surface area (Å²) in [6.07, 6.45) is 0. The van der Waals surface area contributed by atoms with Gasteiger partial charge in [0.15, 0.2) is 0 Å². The van der Waals surface area contributed by atoms with Gasteiger partial charge in [-0.3, -0.25) is 0 Å². The Bertz CT molecular complexity index is 2120. The summed E-state index contributed by atoms with van der Waals surface area (Å²) in [7, 11) is 0. The number of nitrogens with zero attached hydrogens (tertiary/aromatic N) is 2. The topological polar surface area (TPSA) is 6.48 Å². The number of rotatable bonds is 8. The first-order valence-corrected chi connectivity index (χ1v) is 16.4. The summed E-state index contributed by atoms with van der Waals surface area (Å²) in [5.41, 5.74) is 11.5. The van der Waals surface area contributed by atoms with Crippen LogP contribution in [0.25, 0.3) is 33.0 Å². The molecule has 0 fully saturated rings. The van der Waals surface area contributed by atoms with Crippen LogP contribution in [0, 0.1) is 0 Å². The zero-order chi connectivity index (χ0) is 32.1. The Morgan fingerprint density at radius 2 is 0.646 bits per heavy atom. The van der Waals surface area contributed by atoms with Gasteiger partial charge >= 0.3 is 0 Å². The molecule has 0 N–H and O–H groups in total. The van der Waals surface area contributed by atoms with Gasteiger partial charge in [0.2, 0.25) is 0 Å². The number of hydrogen-bond donors (Lipinski definition) is 0. The fourth-order valence-corrected chi connectivity index (χ4v) is 6.48. The summed E-state index contributed by atoms with van der Waals surface area (Å²) < 4.78 is 0. The summed E-state index contributed by atoms with van der Waals surface area (Å²) in [5.74, 6) is 0. The van der Waals surface area contributed by atoms with Gasteiger partial charge in [-0.05, 0) is 94.4 Å². The van der Waals surface area contributed by atoms with Crippen LogP contribution >= 0.6 is 0 Å². The second-order valence-corrected chi connectivity index (χ2v) is 11.9. The summed E-state index contributed by atoms with van der Waals surface area (Å²) in [6.45, 7) is 0. The Hall–Kier alpha value is -6.38. The van der Waals surface area contributed by atoms with Gasteiger partial charge < -0.3 is 9.80 Å². The highest BCUT2D eigenvalue weighted by Crippen LogP contribution is 2.42. The van der Waals surface area contributed by atoms with Crippen LogP contribution in [0.4, 0.5) is 34.1 Å². The van der Waals surface area contributed by atoms with E-state index < -0.39 is 0 Å². The van der Waals surface area contributed by atoms with Crippen LogP contribution in [-0.2, 0) is 0 Å². The van der Waals surface area contributed by atoms with Gasteiger partial charge in [0.1, 0.15) is 0 Å². The average molecular weight is 615 g/mol. The third-order valence-electron chi connectivity index (χ3n) is 8.83. The lowest BCUT2D eigenvalue weighted by Crippen LogP contribution is -2.11. The number of hydrogen-bond acceptors (Lipinski definition) is 2. The van der Waals surface area contributed by atoms with E-state index in [2.05, 4.69) is 216 Å². The zero-order valence-electron chi connectivity index (χ0n) is 26.5. The molecular weight excluding hydrogens is 581 g/mol. The average Bonchev–Trinajstić information content (AvgIpc) is 3.17. The predicted molar refractivity (Wildman–Crippen MR) is 204 cm³/mol. The minimum absolute atomic E-state index is 1.10. The van der Waals surface area contributed by atoms with Crippen LogP contribution < -0.4 is 9.80 Å². The highest BCUT2D eigenvalue weighted by atomic mass is 15.1. The minimum Gasteiger partial charge on any atom is -0.310 e. The van der Waals surface area contributed by atoms with Gasteiger partial charge in [-0.1, -0.05) is 140 Å². The molecule has 2 nitrogen and oxygen atoms in total. The van der Waals surface area contributed by atoms with Crippen molar-refractivity contribution in [2.24, 2.45) is 0 Å². The summed E-state index contributed by atoms with van der Waals surface area (Å²) in [5, 5.41) is 2.36. The molecule has 0 atom stereocenters. The Morgan fingerprint density at radius 1 is 0.250 bits per heavy atom. The van der Waals surface area contributed by atoms with Gasteiger partial charge in [-0.2, -0.15) is 0 Å². The van der Waals surface area contributed by atoms with Crippen LogP contribution in [0.5, 0.6) is 0 Å². The predicted octanol–water partition coefficient (Wildman–Crippen LogP) is 13.1. The molecular formula is C46H34N2. The first-order chi connectivity index (χ1) is 23.8. The monoisotopic (exact) mass is 614 g/mol. The van der Waals surface area contributed by atoms with Crippen LogP contribution in [0.15, 0.2) is 206 Å². The third-order valence-corrected chi connectivity index (χ3v) is 8.83. The highest BCUT2D eigenvalue weighted by Gasteiger charge is 2.18. The van der Waals surface area contributed by atoms with Crippen LogP contribution in [0.3, 0.4) is 0 Å². The molecule has 8 rings (SSSR count). The maximum Gasteiger partial charge on any atom is 0.0540 e. The molecule has 0 unspecified atom stereocenters. The molecule has 0 spiro atoms. The molecule has 0 saturated heterocycles. The van der Waals surface area contributed by atoms with Crippen molar-refractivity contribution in [1.29, 1.82) is 0 Å². The molecule has 0 radical (unpaired) electrons. The quantitative estimate of drug-likeness (QED) is 0.168. The summed E-state index contributed by atoms with van der Waals surface area (Å²) in [4.78, 5) is 4.69. The van der Waals surface area contributed by atoms with Gasteiger partial charge in [0.05, 0.1) is 5.69 Å². The van der Waals surface area contributed by atoms with E-state index in [4.69, 9.17) is 0 Å². The standard InChI is InChI=1S/C46H34N2/c1-5-14-35(15-6-1)37-24-28-42(29-25-37)47(43-30-26-38(27-31-43)36-16-7-2-8-17-36)44-32-33-45-39(34-44)18-13-23-46(45)48(40-19-9-3-10-20-40)41-21-11-4-12-22-41/h1-34H. The third kappa shape index (κ3) is 5.84. The molecule has 0 aliphatic rings. The van der Waals surface area contributed by atoms with Gasteiger partial charge in [0, 0.05) is 33.8 Å². The minimum atomic E-state index is 1.10. The Kier molecular flexibility index (Phi) is 7.96. The molecule has 8 aromatic rings. The lowest BCUT2D eigenvalue weighted by Gasteiger charge is -2.28. The van der Waals surface area contributed by atoms with E-state index in [1.54, 1.807) is 0 Å². The molecule has 2 heteroatoms. The molecule has 8 aromatic carbocycles. The van der Waals surface area contributed by atoms with Crippen LogP contribution in [-0.4, -0.2) is 0 Å². The molecule has 0 saturated carbocycles. The van der Waals surface area contributed by atoms with Crippen molar-refractivity contribution >= 4 is 44.9 Å². The number of para-hydroxylation sites is 2. The van der Waals surface area contributed by atoms with E-state index in [0.29, 0.717) is 0 Å². The second-order valence-electron chi connectivity index (χ2n) is 11.9. The van der Waals surface area contributed by atoms with E-state index in [1.807, 2.05) is 0 Å². The Morgan fingerprint density at radius 3 is 1.12 bits per heavy atom. The fraction of sp³-hybridized carbons (Fsp3) is 0. The summed E-state index contributed by atoms with van der Waals surface area (Å²) >= 11 is 0. The maximum atomic E-state index is 2.35. The van der Waals surface area contributed by atoms with Crippen LogP contribution in [0.1, 0.15) is 0 Å². The molecule has 0 aliphatic carbocycles. The lowest BCUT2D eigenvalue weighted by atomic mass is 10.0. The van der Waals surface area contributed by atoms with Crippen LogP contribution in [0.2, 0.25) is 0 Å². The molecule has 0 bridgehead atoms. The van der Waals surface area contributed by atoms with Gasteiger partial charge in [0.25, 0.3) is 0 Å². The van der Waals surface area contributed by atoms with Crippen molar-refractivity contribution in [2.75, 3.05) is 9.80 Å². The maximum absolute atomic E-state index is 2.35. The van der Waals surface area contributed by atoms with E-state index in [9.17, 15) is 0 Å². The van der Waals surface area contributed by atoms with E-state index in [1.165, 1.54) is 33.0 Å². The molecule has 0 amide bonds. The SMILES string of the molecule is c1ccc(-c2ccc(N(c3ccc(-c4ccccc4)cc3)c3ccc4c(N(c5ccccc5)c5ccccc5)cccc4c3)cc2)cc1. The van der Waals surface area contributed by atoms with E-state index >= 15 is 0 Å². The number of anilines is 6. The molecule has 0 heterocycles. The van der Waals surface area contributed by atoms with Crippen molar-refractivity contribution in [3.05, 3.63) is 206 Å². The van der Waals surface area contributed by atoms with Crippen molar-refractivity contribution in [3.8, 4) is 22.3 Å². The van der Waals surface area contributed by atoms with Crippen molar-refractivity contribution < 1.29 is 0 Å². The highest BCUT2D eigenvalue weighted by molar-refractivity contribution is 6.01. The molecule has 228 valence electrons. The van der Waals surface area contributed by atoms with E-state index in [0.717, 1.165) is 34.1 Å². The summed E-state index contributed by atoms with van der Waals surface area (Å²) in [6, 6.07) is 73.4. The van der Waals surface area contributed by atoms with Crippen molar-refractivity contribution in [2.45, 2.75) is 0 Å². The first-order valence-electron chi connectivity index (χ1n) is 16.4.